The molecule has 1 heteroatoms. The summed E-state index contributed by atoms with van der Waals surface area (Å²) >= 11 is 0. The molecule has 9 atom stereocenters. The minimum atomic E-state index is -1.21. The summed E-state index contributed by atoms with van der Waals surface area (Å²) < 4.78 is 0. The second-order valence-electron chi connectivity index (χ2n) is 12.4. The van der Waals surface area contributed by atoms with Crippen LogP contribution in [0.3, 0.4) is 0 Å². The lowest BCUT2D eigenvalue weighted by Crippen LogP contribution is -2.43. The third-order valence-electron chi connectivity index (χ3n) is 10.9. The molecule has 0 amide bonds. The zero-order valence-corrected chi connectivity index (χ0v) is 20.9. The standard InChI is InChI=1S/C27H50Si/c1-6-19(3)16-21-18-27(25-15-11-9-13-23(21)25)28(4,5)26-17-20(7-2)22-12-8-10-14-24(22)26/h19-27H,6-18H2,1-5H3. The van der Waals surface area contributed by atoms with Crippen LogP contribution >= 0.6 is 0 Å². The Morgan fingerprint density at radius 3 is 1.68 bits per heavy atom. The molecule has 4 saturated carbocycles. The van der Waals surface area contributed by atoms with E-state index in [1.165, 1.54) is 19.3 Å². The van der Waals surface area contributed by atoms with Crippen LogP contribution in [0, 0.1) is 41.4 Å². The van der Waals surface area contributed by atoms with Gasteiger partial charge in [0.15, 0.2) is 0 Å². The van der Waals surface area contributed by atoms with Crippen LogP contribution < -0.4 is 0 Å². The summed E-state index contributed by atoms with van der Waals surface area (Å²) in [5.74, 6) is 7.63. The van der Waals surface area contributed by atoms with Gasteiger partial charge < -0.3 is 0 Å². The van der Waals surface area contributed by atoms with Crippen molar-refractivity contribution in [1.29, 1.82) is 0 Å². The van der Waals surface area contributed by atoms with Crippen LogP contribution in [0.2, 0.25) is 24.2 Å². The van der Waals surface area contributed by atoms with Gasteiger partial charge in [0.1, 0.15) is 0 Å². The molecule has 4 fully saturated rings. The van der Waals surface area contributed by atoms with Crippen molar-refractivity contribution in [1.82, 2.24) is 0 Å². The summed E-state index contributed by atoms with van der Waals surface area (Å²) in [4.78, 5) is 0. The van der Waals surface area contributed by atoms with E-state index >= 15 is 0 Å². The third-order valence-corrected chi connectivity index (χ3v) is 16.1. The third kappa shape index (κ3) is 3.80. The van der Waals surface area contributed by atoms with E-state index in [-0.39, 0.29) is 0 Å². The maximum Gasteiger partial charge on any atom is 0.0541 e. The van der Waals surface area contributed by atoms with E-state index in [9.17, 15) is 0 Å². The summed E-state index contributed by atoms with van der Waals surface area (Å²) in [6.07, 6.45) is 20.2. The van der Waals surface area contributed by atoms with E-state index in [4.69, 9.17) is 0 Å². The predicted octanol–water partition coefficient (Wildman–Crippen LogP) is 8.93. The molecular formula is C27H50Si. The molecule has 0 aromatic heterocycles. The van der Waals surface area contributed by atoms with Gasteiger partial charge in [-0.2, -0.15) is 0 Å². The highest BCUT2D eigenvalue weighted by molar-refractivity contribution is 6.80. The smallest absolute Gasteiger partial charge is 0.0541 e. The van der Waals surface area contributed by atoms with Crippen molar-refractivity contribution >= 4 is 8.07 Å². The molecule has 0 aromatic rings. The molecule has 0 aliphatic heterocycles. The van der Waals surface area contributed by atoms with Gasteiger partial charge in [0.2, 0.25) is 0 Å². The number of fused-ring (bicyclic) bond motifs is 2. The molecule has 0 N–H and O–H groups in total. The Hall–Kier alpha value is 0.217. The van der Waals surface area contributed by atoms with Crippen LogP contribution in [0.4, 0.5) is 0 Å². The normalized spacial score (nSPS) is 44.9. The summed E-state index contributed by atoms with van der Waals surface area (Å²) in [6, 6.07) is 0. The SMILES string of the molecule is CCC(C)CC1CC([Si](C)(C)C2CC(CC)C3CCCCC32)C2CCCCC12. The van der Waals surface area contributed by atoms with Gasteiger partial charge in [-0.1, -0.05) is 85.2 Å². The van der Waals surface area contributed by atoms with Gasteiger partial charge in [-0.05, 0) is 84.6 Å². The minimum absolute atomic E-state index is 0.954. The van der Waals surface area contributed by atoms with E-state index in [1.54, 1.807) is 64.2 Å². The molecule has 0 bridgehead atoms. The fourth-order valence-corrected chi connectivity index (χ4v) is 14.7. The van der Waals surface area contributed by atoms with Crippen molar-refractivity contribution in [2.24, 2.45) is 41.4 Å². The van der Waals surface area contributed by atoms with Crippen LogP contribution in [0.5, 0.6) is 0 Å². The maximum absolute atomic E-state index is 2.89. The lowest BCUT2D eigenvalue weighted by molar-refractivity contribution is 0.203. The summed E-state index contributed by atoms with van der Waals surface area (Å²) in [5.41, 5.74) is 2.33. The van der Waals surface area contributed by atoms with Gasteiger partial charge >= 0.3 is 0 Å². The monoisotopic (exact) mass is 402 g/mol. The van der Waals surface area contributed by atoms with Crippen molar-refractivity contribution in [2.75, 3.05) is 0 Å². The quantitative estimate of drug-likeness (QED) is 0.389. The molecule has 0 aromatic carbocycles. The molecule has 4 rings (SSSR count). The Morgan fingerprint density at radius 2 is 1.18 bits per heavy atom. The van der Waals surface area contributed by atoms with Crippen LogP contribution in [-0.2, 0) is 0 Å². The van der Waals surface area contributed by atoms with Crippen LogP contribution in [-0.4, -0.2) is 8.07 Å². The Balaban J connectivity index is 1.55. The zero-order chi connectivity index (χ0) is 19.9. The van der Waals surface area contributed by atoms with Gasteiger partial charge in [-0.15, -0.1) is 0 Å². The number of hydrogen-bond donors (Lipinski definition) is 0. The van der Waals surface area contributed by atoms with Gasteiger partial charge in [0.25, 0.3) is 0 Å². The topological polar surface area (TPSA) is 0 Å². The van der Waals surface area contributed by atoms with Crippen LogP contribution in [0.1, 0.15) is 104 Å². The van der Waals surface area contributed by atoms with Gasteiger partial charge in [0, 0.05) is 0 Å². The summed E-state index contributed by atoms with van der Waals surface area (Å²) in [6.45, 7) is 13.2. The fraction of sp³-hybridized carbons (Fsp3) is 1.00. The van der Waals surface area contributed by atoms with Crippen LogP contribution in [0.25, 0.3) is 0 Å². The molecular weight excluding hydrogens is 352 g/mol. The van der Waals surface area contributed by atoms with Gasteiger partial charge in [-0.3, -0.25) is 0 Å². The van der Waals surface area contributed by atoms with E-state index in [1.807, 2.05) is 0 Å². The van der Waals surface area contributed by atoms with Crippen molar-refractivity contribution in [3.05, 3.63) is 0 Å². The Bertz CT molecular complexity index is 510. The highest BCUT2D eigenvalue weighted by Gasteiger charge is 2.57. The molecule has 0 nitrogen and oxygen atoms in total. The first kappa shape index (κ1) is 21.4. The van der Waals surface area contributed by atoms with E-state index in [0.717, 1.165) is 52.5 Å². The molecule has 0 radical (unpaired) electrons. The molecule has 0 heterocycles. The van der Waals surface area contributed by atoms with Gasteiger partial charge in [0.05, 0.1) is 8.07 Å². The lowest BCUT2D eigenvalue weighted by Gasteiger charge is -2.45. The first-order valence-corrected chi connectivity index (χ1v) is 16.6. The second kappa shape index (κ2) is 8.76. The highest BCUT2D eigenvalue weighted by atomic mass is 28.3. The number of rotatable bonds is 6. The molecule has 0 spiro atoms. The van der Waals surface area contributed by atoms with E-state index < -0.39 is 8.07 Å². The Morgan fingerprint density at radius 1 is 0.714 bits per heavy atom. The number of hydrogen-bond acceptors (Lipinski definition) is 0. The Kier molecular flexibility index (Phi) is 6.71. The van der Waals surface area contributed by atoms with Crippen molar-refractivity contribution < 1.29 is 0 Å². The lowest BCUT2D eigenvalue weighted by atomic mass is 9.75. The molecule has 162 valence electrons. The fourth-order valence-electron chi connectivity index (χ4n) is 9.31. The van der Waals surface area contributed by atoms with Crippen molar-refractivity contribution in [2.45, 2.75) is 128 Å². The molecule has 4 aliphatic carbocycles. The van der Waals surface area contributed by atoms with E-state index in [2.05, 4.69) is 33.9 Å². The minimum Gasteiger partial charge on any atom is -0.0689 e. The summed E-state index contributed by atoms with van der Waals surface area (Å²) in [7, 11) is -1.21. The van der Waals surface area contributed by atoms with Crippen LogP contribution in [0.15, 0.2) is 0 Å². The maximum atomic E-state index is 2.89. The predicted molar refractivity (Wildman–Crippen MR) is 126 cm³/mol. The van der Waals surface area contributed by atoms with Crippen molar-refractivity contribution in [3.8, 4) is 0 Å². The largest absolute Gasteiger partial charge is 0.0689 e. The van der Waals surface area contributed by atoms with Crippen molar-refractivity contribution in [3.63, 3.8) is 0 Å². The molecule has 0 saturated heterocycles. The first-order valence-electron chi connectivity index (χ1n) is 13.5. The average molecular weight is 403 g/mol. The first-order chi connectivity index (χ1) is 13.5. The average Bonchev–Trinajstić information content (AvgIpc) is 3.27. The molecule has 4 aliphatic rings. The van der Waals surface area contributed by atoms with E-state index in [0.29, 0.717) is 0 Å². The molecule has 28 heavy (non-hydrogen) atoms. The highest BCUT2D eigenvalue weighted by Crippen LogP contribution is 2.64. The Labute approximate surface area is 178 Å². The molecule has 9 unspecified atom stereocenters. The summed E-state index contributed by atoms with van der Waals surface area (Å²) in [5, 5.41) is 0. The van der Waals surface area contributed by atoms with Gasteiger partial charge in [-0.25, -0.2) is 0 Å². The zero-order valence-electron chi connectivity index (χ0n) is 19.9. The second-order valence-corrected chi connectivity index (χ2v) is 17.5.